The third-order valence-electron chi connectivity index (χ3n) is 4.56. The fourth-order valence-corrected chi connectivity index (χ4v) is 4.06. The standard InChI is InChI=1S/C24H18ClN3O7S/c1-2-34-23-13-16(12-17(15-26)24(29)27-19-5-3-4-18(25)14-19)6-11-22(23)35-36(32,33)21-9-7-20(8-10-21)28(30)31/h3-14H,2H2,1H3,(H,27,29)/b17-12+. The first-order valence-corrected chi connectivity index (χ1v) is 12.1. The minimum Gasteiger partial charge on any atom is -0.490 e. The molecule has 0 bridgehead atoms. The molecule has 3 aromatic rings. The Bertz CT molecular complexity index is 1480. The first kappa shape index (κ1) is 26.2. The van der Waals surface area contributed by atoms with Crippen molar-refractivity contribution in [1.29, 1.82) is 5.26 Å². The van der Waals surface area contributed by atoms with Gasteiger partial charge in [0.25, 0.3) is 11.6 Å². The van der Waals surface area contributed by atoms with Gasteiger partial charge in [-0.3, -0.25) is 14.9 Å². The lowest BCUT2D eigenvalue weighted by atomic mass is 10.1. The number of nitro benzene ring substituents is 1. The average Bonchev–Trinajstić information content (AvgIpc) is 2.84. The number of hydrogen-bond donors (Lipinski definition) is 1. The summed E-state index contributed by atoms with van der Waals surface area (Å²) >= 11 is 5.91. The number of halogens is 1. The van der Waals surface area contributed by atoms with Crippen molar-refractivity contribution in [2.45, 2.75) is 11.8 Å². The number of ether oxygens (including phenoxy) is 1. The molecule has 0 aliphatic rings. The van der Waals surface area contributed by atoms with Crippen molar-refractivity contribution in [2.75, 3.05) is 11.9 Å². The van der Waals surface area contributed by atoms with Crippen molar-refractivity contribution < 1.29 is 27.1 Å². The normalized spacial score (nSPS) is 11.3. The summed E-state index contributed by atoms with van der Waals surface area (Å²) in [6.07, 6.45) is 1.30. The van der Waals surface area contributed by atoms with Crippen LogP contribution in [-0.2, 0) is 14.9 Å². The maximum absolute atomic E-state index is 12.7. The molecule has 0 fully saturated rings. The van der Waals surface area contributed by atoms with Crippen molar-refractivity contribution in [2.24, 2.45) is 0 Å². The van der Waals surface area contributed by atoms with Crippen molar-refractivity contribution in [1.82, 2.24) is 0 Å². The van der Waals surface area contributed by atoms with E-state index in [1.807, 2.05) is 6.07 Å². The summed E-state index contributed by atoms with van der Waals surface area (Å²) in [7, 11) is -4.33. The summed E-state index contributed by atoms with van der Waals surface area (Å²) in [5.41, 5.74) is 0.289. The molecule has 0 saturated carbocycles. The Kier molecular flexibility index (Phi) is 8.26. The van der Waals surface area contributed by atoms with Crippen molar-refractivity contribution in [3.8, 4) is 17.6 Å². The van der Waals surface area contributed by atoms with E-state index in [2.05, 4.69) is 5.32 Å². The van der Waals surface area contributed by atoms with Gasteiger partial charge in [-0.2, -0.15) is 13.7 Å². The summed E-state index contributed by atoms with van der Waals surface area (Å²) in [5.74, 6) is -0.766. The van der Waals surface area contributed by atoms with Gasteiger partial charge in [-0.15, -0.1) is 0 Å². The molecule has 184 valence electrons. The largest absolute Gasteiger partial charge is 0.490 e. The van der Waals surface area contributed by atoms with Gasteiger partial charge in [0.2, 0.25) is 0 Å². The molecule has 0 aromatic heterocycles. The number of nitro groups is 1. The maximum Gasteiger partial charge on any atom is 0.339 e. The molecule has 10 nitrogen and oxygen atoms in total. The number of nitrogens with one attached hydrogen (secondary N) is 1. The van der Waals surface area contributed by atoms with Crippen molar-refractivity contribution in [3.05, 3.63) is 93.0 Å². The Hall–Kier alpha value is -4.40. The fraction of sp³-hybridized carbons (Fsp3) is 0.0833. The Morgan fingerprint density at radius 2 is 1.86 bits per heavy atom. The van der Waals surface area contributed by atoms with Crippen LogP contribution in [0.3, 0.4) is 0 Å². The van der Waals surface area contributed by atoms with E-state index in [1.165, 1.54) is 30.3 Å². The van der Waals surface area contributed by atoms with Gasteiger partial charge in [0.15, 0.2) is 11.5 Å². The lowest BCUT2D eigenvalue weighted by Crippen LogP contribution is -2.13. The summed E-state index contributed by atoms with van der Waals surface area (Å²) in [5, 5.41) is 23.3. The molecule has 0 atom stereocenters. The average molecular weight is 528 g/mol. The number of carbonyl (C=O) groups is 1. The SMILES string of the molecule is CCOc1cc(/C=C(\C#N)C(=O)Nc2cccc(Cl)c2)ccc1OS(=O)(=O)c1ccc([N+](=O)[O-])cc1. The highest BCUT2D eigenvalue weighted by Gasteiger charge is 2.21. The summed E-state index contributed by atoms with van der Waals surface area (Å²) < 4.78 is 36.0. The predicted molar refractivity (Wildman–Crippen MR) is 132 cm³/mol. The molecule has 1 amide bonds. The number of benzene rings is 3. The Balaban J connectivity index is 1.87. The van der Waals surface area contributed by atoms with Gasteiger partial charge in [0, 0.05) is 22.8 Å². The molecule has 3 aromatic carbocycles. The van der Waals surface area contributed by atoms with E-state index in [9.17, 15) is 28.6 Å². The summed E-state index contributed by atoms with van der Waals surface area (Å²) in [4.78, 5) is 22.4. The van der Waals surface area contributed by atoms with Gasteiger partial charge < -0.3 is 14.2 Å². The number of nitriles is 1. The van der Waals surface area contributed by atoms with Crippen LogP contribution in [0.25, 0.3) is 6.08 Å². The first-order chi connectivity index (χ1) is 17.1. The minimum absolute atomic E-state index is 0.0456. The van der Waals surface area contributed by atoms with E-state index in [1.54, 1.807) is 25.1 Å². The number of hydrogen-bond acceptors (Lipinski definition) is 8. The zero-order chi connectivity index (χ0) is 26.3. The number of nitrogens with zero attached hydrogens (tertiary/aromatic N) is 2. The number of anilines is 1. The molecule has 36 heavy (non-hydrogen) atoms. The monoisotopic (exact) mass is 527 g/mol. The number of carbonyl (C=O) groups excluding carboxylic acids is 1. The Morgan fingerprint density at radius 3 is 2.47 bits per heavy atom. The maximum atomic E-state index is 12.7. The third-order valence-corrected chi connectivity index (χ3v) is 6.05. The molecule has 0 heterocycles. The van der Waals surface area contributed by atoms with Crippen molar-refractivity contribution in [3.63, 3.8) is 0 Å². The van der Waals surface area contributed by atoms with Crippen LogP contribution >= 0.6 is 11.6 Å². The van der Waals surface area contributed by atoms with Crippen LogP contribution in [0.1, 0.15) is 12.5 Å². The van der Waals surface area contributed by atoms with Gasteiger partial charge >= 0.3 is 10.1 Å². The summed E-state index contributed by atoms with van der Waals surface area (Å²) in [6.45, 7) is 1.84. The van der Waals surface area contributed by atoms with E-state index in [4.69, 9.17) is 20.5 Å². The highest BCUT2D eigenvalue weighted by molar-refractivity contribution is 7.87. The van der Waals surface area contributed by atoms with Crippen LogP contribution in [0.5, 0.6) is 11.5 Å². The quantitative estimate of drug-likeness (QED) is 0.135. The molecule has 0 aliphatic carbocycles. The van der Waals surface area contributed by atoms with Gasteiger partial charge in [0.05, 0.1) is 11.5 Å². The van der Waals surface area contributed by atoms with Crippen LogP contribution < -0.4 is 14.2 Å². The molecule has 12 heteroatoms. The van der Waals surface area contributed by atoms with E-state index < -0.39 is 20.9 Å². The molecule has 0 saturated heterocycles. The second kappa shape index (κ2) is 11.4. The van der Waals surface area contributed by atoms with E-state index in [0.29, 0.717) is 16.3 Å². The van der Waals surface area contributed by atoms with Crippen LogP contribution in [0.2, 0.25) is 5.02 Å². The Morgan fingerprint density at radius 1 is 1.14 bits per heavy atom. The molecule has 0 radical (unpaired) electrons. The third kappa shape index (κ3) is 6.59. The van der Waals surface area contributed by atoms with E-state index in [-0.39, 0.29) is 34.3 Å². The van der Waals surface area contributed by atoms with Crippen LogP contribution in [0.4, 0.5) is 11.4 Å². The lowest BCUT2D eigenvalue weighted by molar-refractivity contribution is -0.384. The molecule has 0 unspecified atom stereocenters. The number of amides is 1. The first-order valence-electron chi connectivity index (χ1n) is 10.3. The van der Waals surface area contributed by atoms with Gasteiger partial charge in [-0.25, -0.2) is 0 Å². The predicted octanol–water partition coefficient (Wildman–Crippen LogP) is 4.96. The zero-order valence-corrected chi connectivity index (χ0v) is 20.2. The minimum atomic E-state index is -4.33. The highest BCUT2D eigenvalue weighted by Crippen LogP contribution is 2.32. The highest BCUT2D eigenvalue weighted by atomic mass is 35.5. The van der Waals surface area contributed by atoms with Crippen LogP contribution in [0, 0.1) is 21.4 Å². The van der Waals surface area contributed by atoms with Crippen LogP contribution in [0.15, 0.2) is 77.2 Å². The van der Waals surface area contributed by atoms with Gasteiger partial charge in [0.1, 0.15) is 16.5 Å². The molecule has 0 spiro atoms. The summed E-state index contributed by atoms with van der Waals surface area (Å²) in [6, 6.07) is 16.6. The van der Waals surface area contributed by atoms with E-state index >= 15 is 0 Å². The molecule has 3 rings (SSSR count). The molecular formula is C24H18ClN3O7S. The molecule has 1 N–H and O–H groups in total. The number of non-ortho nitro benzene ring substituents is 1. The fourth-order valence-electron chi connectivity index (χ4n) is 2.93. The van der Waals surface area contributed by atoms with Gasteiger partial charge in [-0.1, -0.05) is 23.7 Å². The smallest absolute Gasteiger partial charge is 0.339 e. The number of rotatable bonds is 9. The lowest BCUT2D eigenvalue weighted by Gasteiger charge is -2.13. The van der Waals surface area contributed by atoms with Crippen molar-refractivity contribution >= 4 is 45.1 Å². The van der Waals surface area contributed by atoms with Crippen LogP contribution in [-0.4, -0.2) is 25.9 Å². The van der Waals surface area contributed by atoms with E-state index in [0.717, 1.165) is 24.3 Å². The second-order valence-electron chi connectivity index (χ2n) is 7.06. The second-order valence-corrected chi connectivity index (χ2v) is 9.04. The zero-order valence-electron chi connectivity index (χ0n) is 18.7. The topological polar surface area (TPSA) is 149 Å². The van der Waals surface area contributed by atoms with Gasteiger partial charge in [-0.05, 0) is 61.0 Å². The molecule has 0 aliphatic heterocycles. The molecular weight excluding hydrogens is 510 g/mol. The Labute approximate surface area is 211 Å².